The van der Waals surface area contributed by atoms with Crippen molar-refractivity contribution in [3.05, 3.63) is 64.2 Å². The summed E-state index contributed by atoms with van der Waals surface area (Å²) in [6.07, 6.45) is -3.92. The lowest BCUT2D eigenvalue weighted by molar-refractivity contribution is -0.138. The highest BCUT2D eigenvalue weighted by atomic mass is 35.5. The highest BCUT2D eigenvalue weighted by Gasteiger charge is 2.44. The van der Waals surface area contributed by atoms with E-state index < -0.39 is 39.5 Å². The molecule has 2 saturated heterocycles. The quantitative estimate of drug-likeness (QED) is 0.387. The number of rotatable bonds is 10. The van der Waals surface area contributed by atoms with E-state index in [9.17, 15) is 31.2 Å². The summed E-state index contributed by atoms with van der Waals surface area (Å²) in [5.41, 5.74) is 0.914. The fourth-order valence-electron chi connectivity index (χ4n) is 6.07. The van der Waals surface area contributed by atoms with E-state index in [2.05, 4.69) is 10.6 Å². The molecule has 0 unspecified atom stereocenters. The van der Waals surface area contributed by atoms with Gasteiger partial charge in [-0.3, -0.25) is 9.59 Å². The van der Waals surface area contributed by atoms with Crippen LogP contribution in [-0.2, 0) is 25.6 Å². The zero-order valence-electron chi connectivity index (χ0n) is 25.2. The van der Waals surface area contributed by atoms with Crippen molar-refractivity contribution < 1.29 is 31.2 Å². The average Bonchev–Trinajstić information content (AvgIpc) is 3.30. The van der Waals surface area contributed by atoms with Gasteiger partial charge in [-0.15, -0.1) is 0 Å². The van der Waals surface area contributed by atoms with Gasteiger partial charge in [0.05, 0.1) is 29.0 Å². The summed E-state index contributed by atoms with van der Waals surface area (Å²) in [6.45, 7) is 5.59. The Morgan fingerprint density at radius 1 is 1.02 bits per heavy atom. The molecule has 242 valence electrons. The van der Waals surface area contributed by atoms with E-state index in [1.807, 2.05) is 18.7 Å². The summed E-state index contributed by atoms with van der Waals surface area (Å²) in [5.74, 6) is -1.95. The average molecular weight is 657 g/mol. The third kappa shape index (κ3) is 8.45. The molecule has 4 rings (SSSR count). The maximum absolute atomic E-state index is 13.8. The van der Waals surface area contributed by atoms with Gasteiger partial charge in [0, 0.05) is 55.8 Å². The van der Waals surface area contributed by atoms with Gasteiger partial charge in [0.15, 0.2) is 9.84 Å². The molecule has 2 aromatic rings. The minimum atomic E-state index is -4.56. The SMILES string of the molecule is CNCCC(=O)N[C@@H](CC(C)C)c1cc(C(F)(F)F)ccc1N1CCN(C(=O)[C@H]2CS(=O)(=O)C[C@@H]2c2ccc(Cl)cc2)CC1. The van der Waals surface area contributed by atoms with Crippen molar-refractivity contribution in [2.24, 2.45) is 11.8 Å². The maximum Gasteiger partial charge on any atom is 0.416 e. The smallest absolute Gasteiger partial charge is 0.368 e. The predicted octanol–water partition coefficient (Wildman–Crippen LogP) is 4.65. The highest BCUT2D eigenvalue weighted by Crippen LogP contribution is 2.39. The minimum Gasteiger partial charge on any atom is -0.368 e. The first-order valence-corrected chi connectivity index (χ1v) is 17.0. The Kier molecular flexibility index (Phi) is 10.9. The van der Waals surface area contributed by atoms with Crippen LogP contribution in [0.3, 0.4) is 0 Å². The van der Waals surface area contributed by atoms with Crippen molar-refractivity contribution in [1.82, 2.24) is 15.5 Å². The molecule has 2 aromatic carbocycles. The second kappa shape index (κ2) is 14.1. The number of carbonyl (C=O) groups excluding carboxylic acids is 2. The van der Waals surface area contributed by atoms with Crippen molar-refractivity contribution >= 4 is 38.9 Å². The molecule has 0 radical (unpaired) electrons. The zero-order chi connectivity index (χ0) is 32.2. The van der Waals surface area contributed by atoms with Crippen LogP contribution in [0.4, 0.5) is 18.9 Å². The molecule has 3 atom stereocenters. The Morgan fingerprint density at radius 3 is 2.27 bits per heavy atom. The van der Waals surface area contributed by atoms with Crippen LogP contribution in [0.5, 0.6) is 0 Å². The van der Waals surface area contributed by atoms with Gasteiger partial charge in [0.2, 0.25) is 11.8 Å². The fraction of sp³-hybridized carbons (Fsp3) is 0.548. The molecule has 0 aromatic heterocycles. The Bertz CT molecular complexity index is 1430. The molecule has 2 N–H and O–H groups in total. The summed E-state index contributed by atoms with van der Waals surface area (Å²) in [7, 11) is -1.70. The predicted molar refractivity (Wildman–Crippen MR) is 165 cm³/mol. The molecule has 0 aliphatic carbocycles. The number of hydrogen-bond donors (Lipinski definition) is 2. The molecule has 2 aliphatic heterocycles. The molecule has 8 nitrogen and oxygen atoms in total. The largest absolute Gasteiger partial charge is 0.416 e. The van der Waals surface area contributed by atoms with Crippen LogP contribution in [0.15, 0.2) is 42.5 Å². The van der Waals surface area contributed by atoms with Crippen LogP contribution in [0.1, 0.15) is 55.3 Å². The summed E-state index contributed by atoms with van der Waals surface area (Å²) in [4.78, 5) is 30.0. The molecular weight excluding hydrogens is 617 g/mol. The number of anilines is 1. The molecule has 0 bridgehead atoms. The van der Waals surface area contributed by atoms with Crippen LogP contribution in [0.2, 0.25) is 5.02 Å². The van der Waals surface area contributed by atoms with Crippen molar-refractivity contribution in [1.29, 1.82) is 0 Å². The molecule has 2 fully saturated rings. The first-order valence-electron chi connectivity index (χ1n) is 14.8. The van der Waals surface area contributed by atoms with Gasteiger partial charge in [0.1, 0.15) is 0 Å². The number of alkyl halides is 3. The van der Waals surface area contributed by atoms with E-state index in [0.717, 1.165) is 17.7 Å². The van der Waals surface area contributed by atoms with Crippen molar-refractivity contribution in [3.8, 4) is 0 Å². The normalized spacial score (nSPS) is 21.0. The van der Waals surface area contributed by atoms with Gasteiger partial charge in [0.25, 0.3) is 0 Å². The van der Waals surface area contributed by atoms with Crippen LogP contribution >= 0.6 is 11.6 Å². The number of carbonyl (C=O) groups is 2. The summed E-state index contributed by atoms with van der Waals surface area (Å²) < 4.78 is 66.6. The van der Waals surface area contributed by atoms with Crippen molar-refractivity contribution in [3.63, 3.8) is 0 Å². The van der Waals surface area contributed by atoms with E-state index in [0.29, 0.717) is 42.3 Å². The number of hydrogen-bond acceptors (Lipinski definition) is 6. The lowest BCUT2D eigenvalue weighted by Crippen LogP contribution is -2.51. The number of benzene rings is 2. The third-order valence-corrected chi connectivity index (χ3v) is 10.3. The molecular formula is C31H40ClF3N4O4S. The molecule has 0 spiro atoms. The number of nitrogens with zero attached hydrogens (tertiary/aromatic N) is 2. The van der Waals surface area contributed by atoms with Gasteiger partial charge < -0.3 is 20.4 Å². The van der Waals surface area contributed by atoms with Crippen LogP contribution in [0, 0.1) is 11.8 Å². The van der Waals surface area contributed by atoms with Gasteiger partial charge >= 0.3 is 6.18 Å². The number of piperazine rings is 1. The van der Waals surface area contributed by atoms with E-state index in [1.54, 1.807) is 36.2 Å². The van der Waals surface area contributed by atoms with E-state index in [1.165, 1.54) is 6.07 Å². The van der Waals surface area contributed by atoms with Gasteiger partial charge in [-0.25, -0.2) is 8.42 Å². The Balaban J connectivity index is 1.56. The number of nitrogens with one attached hydrogen (secondary N) is 2. The first kappa shape index (κ1) is 34.1. The first-order chi connectivity index (χ1) is 20.7. The fourth-order valence-corrected chi connectivity index (χ4v) is 8.23. The third-order valence-electron chi connectivity index (χ3n) is 8.27. The van der Waals surface area contributed by atoms with Crippen molar-refractivity contribution in [2.75, 3.05) is 56.2 Å². The summed E-state index contributed by atoms with van der Waals surface area (Å²) >= 11 is 6.01. The van der Waals surface area contributed by atoms with E-state index >= 15 is 0 Å². The van der Waals surface area contributed by atoms with Gasteiger partial charge in [-0.05, 0) is 60.8 Å². The van der Waals surface area contributed by atoms with Crippen LogP contribution in [-0.4, -0.2) is 76.4 Å². The summed E-state index contributed by atoms with van der Waals surface area (Å²) in [6, 6.07) is 9.85. The Morgan fingerprint density at radius 2 is 1.68 bits per heavy atom. The Hall–Kier alpha value is -2.83. The number of halogens is 4. The van der Waals surface area contributed by atoms with Gasteiger partial charge in [-0.1, -0.05) is 37.6 Å². The second-order valence-electron chi connectivity index (χ2n) is 12.0. The van der Waals surface area contributed by atoms with Crippen LogP contribution < -0.4 is 15.5 Å². The lowest BCUT2D eigenvalue weighted by Gasteiger charge is -2.39. The Labute approximate surface area is 262 Å². The molecule has 13 heteroatoms. The monoisotopic (exact) mass is 656 g/mol. The zero-order valence-corrected chi connectivity index (χ0v) is 26.7. The standard InChI is InChI=1S/C31H40ClF3N4O4S/c1-20(2)16-27(37-29(40)10-11-36-3)24-17-22(31(33,34)35)6-9-28(24)38-12-14-39(15-13-38)30(41)26-19-44(42,43)18-25(26)21-4-7-23(32)8-5-21/h4-9,17,20,25-27,36H,10-16,18-19H2,1-3H3,(H,37,40)/t25-,26+,27+/m1/s1. The molecule has 2 amide bonds. The second-order valence-corrected chi connectivity index (χ2v) is 14.6. The van der Waals surface area contributed by atoms with Crippen molar-refractivity contribution in [2.45, 2.75) is 44.8 Å². The number of sulfone groups is 1. The molecule has 44 heavy (non-hydrogen) atoms. The highest BCUT2D eigenvalue weighted by molar-refractivity contribution is 7.91. The topological polar surface area (TPSA) is 98.8 Å². The van der Waals surface area contributed by atoms with E-state index in [-0.39, 0.29) is 48.7 Å². The number of amides is 2. The molecule has 0 saturated carbocycles. The molecule has 2 aliphatic rings. The summed E-state index contributed by atoms with van der Waals surface area (Å²) in [5, 5.41) is 6.38. The van der Waals surface area contributed by atoms with Gasteiger partial charge in [-0.2, -0.15) is 13.2 Å². The van der Waals surface area contributed by atoms with Crippen LogP contribution in [0.25, 0.3) is 0 Å². The molecule has 2 heterocycles. The lowest BCUT2D eigenvalue weighted by atomic mass is 9.88. The maximum atomic E-state index is 13.8. The van der Waals surface area contributed by atoms with E-state index in [4.69, 9.17) is 11.6 Å². The minimum absolute atomic E-state index is 0.0951.